The first-order chi connectivity index (χ1) is 14.1. The van der Waals surface area contributed by atoms with Gasteiger partial charge in [-0.1, -0.05) is 30.3 Å². The van der Waals surface area contributed by atoms with Crippen LogP contribution in [0.2, 0.25) is 0 Å². The summed E-state index contributed by atoms with van der Waals surface area (Å²) in [5.74, 6) is 2.13. The van der Waals surface area contributed by atoms with Crippen LogP contribution >= 0.6 is 0 Å². The number of nitrogens with one attached hydrogen (secondary N) is 1. The molecule has 1 aromatic heterocycles. The standard InChI is InChI=1S/C23H26FN5/c1-17-6-5-8-20(14-17)28-10-12-29(13-11-28)23-15-22(26-18(2)27-23)25-16-19-7-3-4-9-21(19)24/h3-9,14-15H,10-13,16H2,1-2H3,(H,25,26,27). The molecule has 0 amide bonds. The molecular formula is C23H26FN5. The van der Waals surface area contributed by atoms with Crippen molar-refractivity contribution in [2.45, 2.75) is 20.4 Å². The maximum Gasteiger partial charge on any atom is 0.134 e. The number of piperazine rings is 1. The van der Waals surface area contributed by atoms with Crippen LogP contribution in [0.5, 0.6) is 0 Å². The first kappa shape index (κ1) is 19.2. The molecule has 1 saturated heterocycles. The van der Waals surface area contributed by atoms with Gasteiger partial charge >= 0.3 is 0 Å². The van der Waals surface area contributed by atoms with E-state index < -0.39 is 0 Å². The van der Waals surface area contributed by atoms with Crippen molar-refractivity contribution in [2.75, 3.05) is 41.3 Å². The van der Waals surface area contributed by atoms with Crippen LogP contribution in [-0.4, -0.2) is 36.1 Å². The van der Waals surface area contributed by atoms with Crippen molar-refractivity contribution in [3.05, 3.63) is 77.4 Å². The van der Waals surface area contributed by atoms with E-state index in [4.69, 9.17) is 0 Å². The highest BCUT2D eigenvalue weighted by Crippen LogP contribution is 2.22. The van der Waals surface area contributed by atoms with Crippen LogP contribution in [0, 0.1) is 19.7 Å². The lowest BCUT2D eigenvalue weighted by atomic mass is 10.2. The molecule has 2 aromatic carbocycles. The van der Waals surface area contributed by atoms with Crippen molar-refractivity contribution < 1.29 is 4.39 Å². The summed E-state index contributed by atoms with van der Waals surface area (Å²) in [6, 6.07) is 17.4. The lowest BCUT2D eigenvalue weighted by Crippen LogP contribution is -2.47. The van der Waals surface area contributed by atoms with E-state index in [0.717, 1.165) is 37.8 Å². The average Bonchev–Trinajstić information content (AvgIpc) is 2.73. The largest absolute Gasteiger partial charge is 0.368 e. The maximum absolute atomic E-state index is 13.9. The second kappa shape index (κ2) is 8.47. The van der Waals surface area contributed by atoms with E-state index in [-0.39, 0.29) is 5.82 Å². The van der Waals surface area contributed by atoms with E-state index in [9.17, 15) is 4.39 Å². The van der Waals surface area contributed by atoms with E-state index in [2.05, 4.69) is 56.3 Å². The van der Waals surface area contributed by atoms with Crippen LogP contribution in [0.4, 0.5) is 21.7 Å². The van der Waals surface area contributed by atoms with Gasteiger partial charge in [0.15, 0.2) is 0 Å². The highest BCUT2D eigenvalue weighted by Gasteiger charge is 2.19. The lowest BCUT2D eigenvalue weighted by Gasteiger charge is -2.37. The second-order valence-corrected chi connectivity index (χ2v) is 7.42. The third kappa shape index (κ3) is 4.65. The van der Waals surface area contributed by atoms with Gasteiger partial charge in [-0.15, -0.1) is 0 Å². The number of rotatable bonds is 5. The lowest BCUT2D eigenvalue weighted by molar-refractivity contribution is 0.613. The summed E-state index contributed by atoms with van der Waals surface area (Å²) in [5, 5.41) is 3.23. The fourth-order valence-corrected chi connectivity index (χ4v) is 3.65. The van der Waals surface area contributed by atoms with Crippen molar-refractivity contribution in [1.29, 1.82) is 0 Å². The van der Waals surface area contributed by atoms with E-state index >= 15 is 0 Å². The highest BCUT2D eigenvalue weighted by molar-refractivity contribution is 5.53. The number of hydrogen-bond donors (Lipinski definition) is 1. The topological polar surface area (TPSA) is 44.3 Å². The molecule has 6 heteroatoms. The number of aryl methyl sites for hydroxylation is 2. The van der Waals surface area contributed by atoms with Crippen molar-refractivity contribution in [1.82, 2.24) is 9.97 Å². The molecule has 0 saturated carbocycles. The predicted octanol–water partition coefficient (Wildman–Crippen LogP) is 4.17. The van der Waals surface area contributed by atoms with Crippen LogP contribution in [0.25, 0.3) is 0 Å². The Labute approximate surface area is 171 Å². The summed E-state index contributed by atoms with van der Waals surface area (Å²) < 4.78 is 13.9. The minimum absolute atomic E-state index is 0.210. The molecule has 0 aliphatic carbocycles. The molecule has 2 heterocycles. The first-order valence-corrected chi connectivity index (χ1v) is 9.98. The van der Waals surface area contributed by atoms with Gasteiger partial charge in [-0.2, -0.15) is 0 Å². The van der Waals surface area contributed by atoms with Crippen molar-refractivity contribution in [3.63, 3.8) is 0 Å². The SMILES string of the molecule is Cc1cccc(N2CCN(c3cc(NCc4ccccc4F)nc(C)n3)CC2)c1. The van der Waals surface area contributed by atoms with Crippen LogP contribution < -0.4 is 15.1 Å². The van der Waals surface area contributed by atoms with Crippen LogP contribution in [0.3, 0.4) is 0 Å². The Balaban J connectivity index is 1.42. The number of anilines is 3. The summed E-state index contributed by atoms with van der Waals surface area (Å²) in [7, 11) is 0. The van der Waals surface area contributed by atoms with Crippen molar-refractivity contribution in [2.24, 2.45) is 0 Å². The molecule has 1 aliphatic rings. The minimum atomic E-state index is -0.210. The van der Waals surface area contributed by atoms with E-state index in [1.54, 1.807) is 12.1 Å². The Bertz CT molecular complexity index is 983. The number of aromatic nitrogens is 2. The monoisotopic (exact) mass is 391 g/mol. The van der Waals surface area contributed by atoms with Gasteiger partial charge in [-0.3, -0.25) is 0 Å². The predicted molar refractivity (Wildman–Crippen MR) is 116 cm³/mol. The Kier molecular flexibility index (Phi) is 5.60. The Hall–Kier alpha value is -3.15. The molecule has 0 spiro atoms. The third-order valence-electron chi connectivity index (χ3n) is 5.21. The van der Waals surface area contributed by atoms with Gasteiger partial charge in [-0.25, -0.2) is 14.4 Å². The fourth-order valence-electron chi connectivity index (χ4n) is 3.65. The zero-order valence-corrected chi connectivity index (χ0v) is 16.9. The molecule has 4 rings (SSSR count). The minimum Gasteiger partial charge on any atom is -0.368 e. The molecule has 3 aromatic rings. The van der Waals surface area contributed by atoms with Gasteiger partial charge in [0, 0.05) is 50.0 Å². The Morgan fingerprint density at radius 2 is 1.66 bits per heavy atom. The van der Waals surface area contributed by atoms with Gasteiger partial charge in [0.2, 0.25) is 0 Å². The molecule has 29 heavy (non-hydrogen) atoms. The zero-order chi connectivity index (χ0) is 20.2. The molecule has 0 bridgehead atoms. The quantitative estimate of drug-likeness (QED) is 0.707. The van der Waals surface area contributed by atoms with Crippen molar-refractivity contribution in [3.8, 4) is 0 Å². The number of nitrogens with zero attached hydrogens (tertiary/aromatic N) is 4. The Morgan fingerprint density at radius 1 is 0.897 bits per heavy atom. The number of halogens is 1. The Morgan fingerprint density at radius 3 is 2.41 bits per heavy atom. The second-order valence-electron chi connectivity index (χ2n) is 7.42. The third-order valence-corrected chi connectivity index (χ3v) is 5.21. The summed E-state index contributed by atoms with van der Waals surface area (Å²) >= 11 is 0. The molecule has 5 nitrogen and oxygen atoms in total. The number of hydrogen-bond acceptors (Lipinski definition) is 5. The fraction of sp³-hybridized carbons (Fsp3) is 0.304. The van der Waals surface area contributed by atoms with E-state index in [0.29, 0.717) is 17.9 Å². The molecular weight excluding hydrogens is 365 g/mol. The average molecular weight is 391 g/mol. The molecule has 0 radical (unpaired) electrons. The van der Waals surface area contributed by atoms with Gasteiger partial charge in [0.05, 0.1) is 0 Å². The van der Waals surface area contributed by atoms with Crippen LogP contribution in [0.1, 0.15) is 17.0 Å². The van der Waals surface area contributed by atoms with Crippen LogP contribution in [0.15, 0.2) is 54.6 Å². The molecule has 150 valence electrons. The molecule has 1 fully saturated rings. The zero-order valence-electron chi connectivity index (χ0n) is 16.9. The van der Waals surface area contributed by atoms with Crippen molar-refractivity contribution >= 4 is 17.3 Å². The summed E-state index contributed by atoms with van der Waals surface area (Å²) in [4.78, 5) is 13.8. The van der Waals surface area contributed by atoms with E-state index in [1.165, 1.54) is 17.3 Å². The molecule has 1 aliphatic heterocycles. The number of benzene rings is 2. The highest BCUT2D eigenvalue weighted by atomic mass is 19.1. The normalized spacial score (nSPS) is 14.2. The first-order valence-electron chi connectivity index (χ1n) is 9.98. The smallest absolute Gasteiger partial charge is 0.134 e. The van der Waals surface area contributed by atoms with Gasteiger partial charge < -0.3 is 15.1 Å². The van der Waals surface area contributed by atoms with Crippen LogP contribution in [-0.2, 0) is 6.54 Å². The summed E-state index contributed by atoms with van der Waals surface area (Å²) in [6.07, 6.45) is 0. The van der Waals surface area contributed by atoms with E-state index in [1.807, 2.05) is 19.1 Å². The molecule has 0 atom stereocenters. The van der Waals surface area contributed by atoms with Gasteiger partial charge in [0.1, 0.15) is 23.3 Å². The molecule has 0 unspecified atom stereocenters. The summed E-state index contributed by atoms with van der Waals surface area (Å²) in [5.41, 5.74) is 3.18. The maximum atomic E-state index is 13.9. The summed E-state index contributed by atoms with van der Waals surface area (Å²) in [6.45, 7) is 8.10. The molecule has 1 N–H and O–H groups in total. The van der Waals surface area contributed by atoms with Gasteiger partial charge in [0.25, 0.3) is 0 Å². The van der Waals surface area contributed by atoms with Gasteiger partial charge in [-0.05, 0) is 37.6 Å².